The zero-order valence-corrected chi connectivity index (χ0v) is 49.8. The minimum Gasteiger partial charge on any atom is -0.466 e. The monoisotopic (exact) mass is 1040 g/mol. The van der Waals surface area contributed by atoms with Crippen molar-refractivity contribution in [3.8, 4) is 0 Å². The van der Waals surface area contributed by atoms with Gasteiger partial charge in [-0.15, -0.1) is 0 Å². The van der Waals surface area contributed by atoms with E-state index >= 15 is 0 Å². The minimum absolute atomic E-state index is 0.0154. The fraction of sp³-hybridized carbons (Fsp3) is 0.882. The summed E-state index contributed by atoms with van der Waals surface area (Å²) < 4.78 is 5.48. The second-order valence-corrected chi connectivity index (χ2v) is 22.8. The Labute approximate surface area is 462 Å². The summed E-state index contributed by atoms with van der Waals surface area (Å²) >= 11 is 0. The summed E-state index contributed by atoms with van der Waals surface area (Å²) in [5.41, 5.74) is 0. The lowest BCUT2D eigenvalue weighted by molar-refractivity contribution is -0.143. The van der Waals surface area contributed by atoms with Crippen LogP contribution in [0.15, 0.2) is 36.5 Å². The highest BCUT2D eigenvalue weighted by Gasteiger charge is 2.20. The van der Waals surface area contributed by atoms with Crippen LogP contribution in [-0.4, -0.2) is 47.4 Å². The summed E-state index contributed by atoms with van der Waals surface area (Å²) in [6, 6.07) is -0.564. The number of aliphatic hydroxyl groups is 2. The highest BCUT2D eigenvalue weighted by molar-refractivity contribution is 5.76. The number of ether oxygens (including phenoxy) is 1. The Hall–Kier alpha value is -1.92. The quantitative estimate of drug-likeness (QED) is 0.0320. The van der Waals surface area contributed by atoms with Crippen LogP contribution in [-0.2, 0) is 14.3 Å². The van der Waals surface area contributed by atoms with Crippen LogP contribution in [0.5, 0.6) is 0 Å². The predicted molar refractivity (Wildman–Crippen MR) is 324 cm³/mol. The summed E-state index contributed by atoms with van der Waals surface area (Å²) in [5, 5.41) is 23.4. The van der Waals surface area contributed by atoms with Crippen LogP contribution < -0.4 is 5.32 Å². The fourth-order valence-electron chi connectivity index (χ4n) is 10.3. The predicted octanol–water partition coefficient (Wildman–Crippen LogP) is 21.1. The van der Waals surface area contributed by atoms with E-state index in [0.29, 0.717) is 25.9 Å². The maximum Gasteiger partial charge on any atom is 0.305 e. The molecule has 3 N–H and O–H groups in total. The summed E-state index contributed by atoms with van der Waals surface area (Å²) in [6.45, 7) is 4.91. The van der Waals surface area contributed by atoms with Gasteiger partial charge in [-0.1, -0.05) is 301 Å². The number of esters is 1. The molecule has 1 amide bonds. The van der Waals surface area contributed by atoms with Crippen LogP contribution in [0.3, 0.4) is 0 Å². The lowest BCUT2D eigenvalue weighted by Gasteiger charge is -2.22. The molecule has 2 atom stereocenters. The van der Waals surface area contributed by atoms with Crippen molar-refractivity contribution in [1.29, 1.82) is 0 Å². The molecule has 74 heavy (non-hydrogen) atoms. The van der Waals surface area contributed by atoms with Gasteiger partial charge in [0, 0.05) is 12.8 Å². The molecule has 0 saturated heterocycles. The lowest BCUT2D eigenvalue weighted by atomic mass is 10.0. The molecular weight excluding hydrogens is 911 g/mol. The van der Waals surface area contributed by atoms with Crippen LogP contribution in [0.25, 0.3) is 0 Å². The Morgan fingerprint density at radius 1 is 0.378 bits per heavy atom. The Balaban J connectivity index is 3.47. The number of aliphatic hydroxyl groups excluding tert-OH is 2. The van der Waals surface area contributed by atoms with E-state index in [1.807, 2.05) is 0 Å². The largest absolute Gasteiger partial charge is 0.466 e. The molecule has 0 aliphatic carbocycles. The van der Waals surface area contributed by atoms with Crippen LogP contribution in [0.4, 0.5) is 0 Å². The SMILES string of the molecule is CCCCC/C=C\C/C=C\CCCCCCCCCCCC(=O)OCCCCCCCC/C=C\CCCCCC(=O)NC(CO)C(O)CCCCCCCCCCCCCCCCCCCCCCCCCCC. The van der Waals surface area contributed by atoms with E-state index < -0.39 is 12.1 Å². The van der Waals surface area contributed by atoms with E-state index in [0.717, 1.165) is 77.0 Å². The fourth-order valence-corrected chi connectivity index (χ4v) is 10.3. The molecule has 0 bridgehead atoms. The topological polar surface area (TPSA) is 95.9 Å². The number of unbranched alkanes of at least 4 members (excludes halogenated alkanes) is 45. The van der Waals surface area contributed by atoms with Crippen molar-refractivity contribution in [2.45, 2.75) is 373 Å². The molecule has 2 unspecified atom stereocenters. The molecular formula is C68H129NO5. The van der Waals surface area contributed by atoms with Gasteiger partial charge in [-0.3, -0.25) is 9.59 Å². The number of rotatable bonds is 62. The van der Waals surface area contributed by atoms with E-state index in [1.54, 1.807) is 0 Å². The van der Waals surface area contributed by atoms with E-state index in [2.05, 4.69) is 55.6 Å². The second-order valence-electron chi connectivity index (χ2n) is 22.8. The molecule has 0 saturated carbocycles. The van der Waals surface area contributed by atoms with Gasteiger partial charge in [0.1, 0.15) is 0 Å². The number of carbonyl (C=O) groups is 2. The van der Waals surface area contributed by atoms with Gasteiger partial charge in [0.25, 0.3) is 0 Å². The summed E-state index contributed by atoms with van der Waals surface area (Å²) in [4.78, 5) is 24.6. The minimum atomic E-state index is -0.684. The number of carbonyl (C=O) groups excluding carboxylic acids is 2. The summed E-state index contributed by atoms with van der Waals surface area (Å²) in [6.07, 6.45) is 80.2. The Morgan fingerprint density at radius 3 is 1.08 bits per heavy atom. The molecule has 6 nitrogen and oxygen atoms in total. The molecule has 0 aliphatic rings. The molecule has 436 valence electrons. The normalized spacial score (nSPS) is 12.8. The van der Waals surface area contributed by atoms with E-state index in [9.17, 15) is 19.8 Å². The van der Waals surface area contributed by atoms with Crippen molar-refractivity contribution >= 4 is 11.9 Å². The molecule has 0 aromatic carbocycles. The molecule has 0 aromatic rings. The van der Waals surface area contributed by atoms with Gasteiger partial charge in [0.15, 0.2) is 0 Å². The number of hydrogen-bond donors (Lipinski definition) is 3. The average molecular weight is 1040 g/mol. The number of allylic oxidation sites excluding steroid dienone is 6. The van der Waals surface area contributed by atoms with E-state index in [4.69, 9.17) is 4.74 Å². The van der Waals surface area contributed by atoms with E-state index in [-0.39, 0.29) is 18.5 Å². The van der Waals surface area contributed by atoms with Crippen molar-refractivity contribution in [3.63, 3.8) is 0 Å². The first-order chi connectivity index (χ1) is 36.5. The maximum atomic E-state index is 12.5. The number of hydrogen-bond acceptors (Lipinski definition) is 5. The molecule has 0 fully saturated rings. The molecule has 0 rings (SSSR count). The zero-order valence-electron chi connectivity index (χ0n) is 49.8. The van der Waals surface area contributed by atoms with Gasteiger partial charge in [-0.2, -0.15) is 0 Å². The molecule has 0 aromatic heterocycles. The highest BCUT2D eigenvalue weighted by atomic mass is 16.5. The van der Waals surface area contributed by atoms with Crippen molar-refractivity contribution in [2.75, 3.05) is 13.2 Å². The van der Waals surface area contributed by atoms with Crippen molar-refractivity contribution in [1.82, 2.24) is 5.32 Å². The third-order valence-corrected chi connectivity index (χ3v) is 15.4. The van der Waals surface area contributed by atoms with E-state index in [1.165, 1.54) is 250 Å². The van der Waals surface area contributed by atoms with Crippen molar-refractivity contribution in [2.24, 2.45) is 0 Å². The van der Waals surface area contributed by atoms with Gasteiger partial charge in [0.2, 0.25) is 5.91 Å². The molecule has 0 spiro atoms. The maximum absolute atomic E-state index is 12.5. The first-order valence-electron chi connectivity index (χ1n) is 33.2. The standard InChI is InChI=1S/C68H129NO5/c1-3-5-7-9-11-13-15-17-19-21-23-24-25-26-27-28-30-31-33-36-40-44-48-52-56-60-66(71)65(64-70)69-67(72)61-57-53-49-45-41-37-35-39-43-47-51-55-59-63-74-68(73)62-58-54-50-46-42-38-34-32-29-22-20-18-16-14-12-10-8-6-4-2/h12,14,18,20,37,41,65-66,70-71H,3-11,13,15-17,19,21-36,38-40,42-64H2,1-2H3,(H,69,72)/b14-12-,20-18-,41-37-. The van der Waals surface area contributed by atoms with Crippen LogP contribution >= 0.6 is 0 Å². The number of nitrogens with one attached hydrogen (secondary N) is 1. The molecule has 0 aliphatic heterocycles. The lowest BCUT2D eigenvalue weighted by Crippen LogP contribution is -2.45. The summed E-state index contributed by atoms with van der Waals surface area (Å²) in [7, 11) is 0. The zero-order chi connectivity index (χ0) is 53.6. The summed E-state index contributed by atoms with van der Waals surface area (Å²) in [5.74, 6) is -0.0769. The molecule has 0 heterocycles. The van der Waals surface area contributed by atoms with Gasteiger partial charge in [0.05, 0.1) is 25.4 Å². The third kappa shape index (κ3) is 59.3. The van der Waals surface area contributed by atoms with Crippen LogP contribution in [0.2, 0.25) is 0 Å². The Morgan fingerprint density at radius 2 is 0.676 bits per heavy atom. The van der Waals surface area contributed by atoms with Gasteiger partial charge < -0.3 is 20.3 Å². The van der Waals surface area contributed by atoms with Gasteiger partial charge >= 0.3 is 5.97 Å². The average Bonchev–Trinajstić information content (AvgIpc) is 3.40. The smallest absolute Gasteiger partial charge is 0.305 e. The van der Waals surface area contributed by atoms with Gasteiger partial charge in [-0.25, -0.2) is 0 Å². The highest BCUT2D eigenvalue weighted by Crippen LogP contribution is 2.18. The first kappa shape index (κ1) is 72.1. The Kier molecular flexibility index (Phi) is 62.0. The van der Waals surface area contributed by atoms with Gasteiger partial charge in [-0.05, 0) is 83.5 Å². The van der Waals surface area contributed by atoms with Crippen LogP contribution in [0.1, 0.15) is 361 Å². The Bertz CT molecular complexity index is 1200. The second kappa shape index (κ2) is 63.6. The molecule has 0 radical (unpaired) electrons. The first-order valence-corrected chi connectivity index (χ1v) is 33.2. The van der Waals surface area contributed by atoms with Crippen molar-refractivity contribution < 1.29 is 24.5 Å². The third-order valence-electron chi connectivity index (χ3n) is 15.4. The number of amides is 1. The van der Waals surface area contributed by atoms with Crippen LogP contribution in [0, 0.1) is 0 Å². The molecule has 6 heteroatoms. The van der Waals surface area contributed by atoms with Crippen molar-refractivity contribution in [3.05, 3.63) is 36.5 Å².